The van der Waals surface area contributed by atoms with Crippen LogP contribution in [0.3, 0.4) is 0 Å². The summed E-state index contributed by atoms with van der Waals surface area (Å²) in [5.41, 5.74) is 1.69. The van der Waals surface area contributed by atoms with E-state index < -0.39 is 0 Å². The molecule has 0 bridgehead atoms. The molecule has 0 radical (unpaired) electrons. The summed E-state index contributed by atoms with van der Waals surface area (Å²) >= 11 is 0. The standard InChI is InChI=1S/C21H24N4O4/c1-25(2)19(26)13-29-18-11-9-15(10-12-18)22-20(27)14-3-5-16(6-4-14)23-21(28)24-17-7-8-17/h3-6,9-12,17H,7-8,13H2,1-2H3,(H,22,27)(H2,23,24,28). The van der Waals surface area contributed by atoms with Gasteiger partial charge in [0, 0.05) is 37.1 Å². The summed E-state index contributed by atoms with van der Waals surface area (Å²) in [6.07, 6.45) is 2.04. The third kappa shape index (κ3) is 6.24. The average Bonchev–Trinajstić information content (AvgIpc) is 3.51. The van der Waals surface area contributed by atoms with Crippen LogP contribution in [0.5, 0.6) is 5.75 Å². The van der Waals surface area contributed by atoms with E-state index >= 15 is 0 Å². The van der Waals surface area contributed by atoms with Crippen LogP contribution in [-0.4, -0.2) is 49.5 Å². The van der Waals surface area contributed by atoms with Crippen molar-refractivity contribution in [3.05, 3.63) is 54.1 Å². The van der Waals surface area contributed by atoms with Gasteiger partial charge in [-0.05, 0) is 61.4 Å². The minimum absolute atomic E-state index is 0.0439. The van der Waals surface area contributed by atoms with Gasteiger partial charge in [0.1, 0.15) is 5.75 Å². The highest BCUT2D eigenvalue weighted by atomic mass is 16.5. The van der Waals surface area contributed by atoms with E-state index in [1.807, 2.05) is 0 Å². The number of benzene rings is 2. The maximum atomic E-state index is 12.4. The Hall–Kier alpha value is -3.55. The third-order valence-electron chi connectivity index (χ3n) is 4.29. The first kappa shape index (κ1) is 20.2. The molecule has 0 unspecified atom stereocenters. The SMILES string of the molecule is CN(C)C(=O)COc1ccc(NC(=O)c2ccc(NC(=O)NC3CC3)cc2)cc1. The van der Waals surface area contributed by atoms with E-state index in [0.29, 0.717) is 22.7 Å². The summed E-state index contributed by atoms with van der Waals surface area (Å²) in [6.45, 7) is -0.0439. The van der Waals surface area contributed by atoms with Gasteiger partial charge < -0.3 is 25.6 Å². The Bertz CT molecular complexity index is 875. The molecule has 8 nitrogen and oxygen atoms in total. The Labute approximate surface area is 169 Å². The zero-order valence-corrected chi connectivity index (χ0v) is 16.4. The molecule has 1 saturated carbocycles. The molecule has 0 spiro atoms. The molecule has 0 atom stereocenters. The van der Waals surface area contributed by atoms with Crippen molar-refractivity contribution in [2.75, 3.05) is 31.3 Å². The number of amides is 4. The fourth-order valence-electron chi connectivity index (χ4n) is 2.40. The van der Waals surface area contributed by atoms with E-state index in [-0.39, 0.29) is 30.5 Å². The molecule has 1 fully saturated rings. The summed E-state index contributed by atoms with van der Waals surface area (Å²) in [7, 11) is 3.33. The van der Waals surface area contributed by atoms with Gasteiger partial charge in [0.15, 0.2) is 6.61 Å². The lowest BCUT2D eigenvalue weighted by Crippen LogP contribution is -2.30. The molecule has 3 N–H and O–H groups in total. The zero-order valence-electron chi connectivity index (χ0n) is 16.4. The van der Waals surface area contributed by atoms with Gasteiger partial charge in [-0.15, -0.1) is 0 Å². The highest BCUT2D eigenvalue weighted by molar-refractivity contribution is 6.04. The maximum absolute atomic E-state index is 12.4. The number of hydrogen-bond acceptors (Lipinski definition) is 4. The van der Waals surface area contributed by atoms with Crippen LogP contribution in [-0.2, 0) is 4.79 Å². The molecule has 3 rings (SSSR count). The summed E-state index contributed by atoms with van der Waals surface area (Å²) < 4.78 is 5.40. The number of rotatable bonds is 7. The molecular weight excluding hydrogens is 372 g/mol. The molecule has 2 aromatic carbocycles. The molecule has 0 heterocycles. The van der Waals surface area contributed by atoms with Gasteiger partial charge >= 0.3 is 6.03 Å². The fourth-order valence-corrected chi connectivity index (χ4v) is 2.40. The predicted molar refractivity (Wildman–Crippen MR) is 110 cm³/mol. The van der Waals surface area contributed by atoms with Crippen molar-refractivity contribution in [2.45, 2.75) is 18.9 Å². The van der Waals surface area contributed by atoms with Crippen LogP contribution in [0.2, 0.25) is 0 Å². The number of anilines is 2. The molecule has 4 amide bonds. The van der Waals surface area contributed by atoms with E-state index in [0.717, 1.165) is 12.8 Å². The van der Waals surface area contributed by atoms with Crippen LogP contribution in [0.4, 0.5) is 16.2 Å². The van der Waals surface area contributed by atoms with Crippen molar-refractivity contribution in [3.8, 4) is 5.75 Å². The van der Waals surface area contributed by atoms with Gasteiger partial charge in [-0.2, -0.15) is 0 Å². The van der Waals surface area contributed by atoms with Crippen molar-refractivity contribution >= 4 is 29.2 Å². The van der Waals surface area contributed by atoms with Crippen LogP contribution >= 0.6 is 0 Å². The minimum atomic E-state index is -0.268. The highest BCUT2D eigenvalue weighted by Crippen LogP contribution is 2.19. The highest BCUT2D eigenvalue weighted by Gasteiger charge is 2.23. The van der Waals surface area contributed by atoms with Crippen molar-refractivity contribution in [1.29, 1.82) is 0 Å². The van der Waals surface area contributed by atoms with Crippen LogP contribution in [0.1, 0.15) is 23.2 Å². The van der Waals surface area contributed by atoms with Crippen molar-refractivity contribution in [1.82, 2.24) is 10.2 Å². The molecule has 152 valence electrons. The minimum Gasteiger partial charge on any atom is -0.484 e. The number of urea groups is 1. The van der Waals surface area contributed by atoms with E-state index in [1.54, 1.807) is 62.6 Å². The summed E-state index contributed by atoms with van der Waals surface area (Å²) in [4.78, 5) is 37.1. The van der Waals surface area contributed by atoms with E-state index in [9.17, 15) is 14.4 Å². The van der Waals surface area contributed by atoms with Gasteiger partial charge in [0.05, 0.1) is 0 Å². The first-order valence-electron chi connectivity index (χ1n) is 9.32. The topological polar surface area (TPSA) is 99.8 Å². The van der Waals surface area contributed by atoms with Crippen LogP contribution in [0, 0.1) is 0 Å². The van der Waals surface area contributed by atoms with Crippen LogP contribution in [0.25, 0.3) is 0 Å². The van der Waals surface area contributed by atoms with Gasteiger partial charge in [-0.3, -0.25) is 9.59 Å². The second kappa shape index (κ2) is 9.09. The number of carbonyl (C=O) groups excluding carboxylic acids is 3. The molecule has 29 heavy (non-hydrogen) atoms. The quantitative estimate of drug-likeness (QED) is 0.670. The first-order chi connectivity index (χ1) is 13.9. The zero-order chi connectivity index (χ0) is 20.8. The summed E-state index contributed by atoms with van der Waals surface area (Å²) in [5, 5.41) is 8.37. The monoisotopic (exact) mass is 396 g/mol. The van der Waals surface area contributed by atoms with Gasteiger partial charge in [-0.25, -0.2) is 4.79 Å². The van der Waals surface area contributed by atoms with E-state index in [4.69, 9.17) is 4.74 Å². The lowest BCUT2D eigenvalue weighted by atomic mass is 10.2. The predicted octanol–water partition coefficient (Wildman–Crippen LogP) is 2.69. The molecule has 0 aromatic heterocycles. The van der Waals surface area contributed by atoms with Gasteiger partial charge in [-0.1, -0.05) is 0 Å². The fraction of sp³-hybridized carbons (Fsp3) is 0.286. The van der Waals surface area contributed by atoms with Gasteiger partial charge in [0.2, 0.25) is 0 Å². The maximum Gasteiger partial charge on any atom is 0.319 e. The average molecular weight is 396 g/mol. The Kier molecular flexibility index (Phi) is 6.33. The Morgan fingerprint density at radius 3 is 2.10 bits per heavy atom. The second-order valence-corrected chi connectivity index (χ2v) is 7.01. The number of hydrogen-bond donors (Lipinski definition) is 3. The van der Waals surface area contributed by atoms with E-state index in [2.05, 4.69) is 16.0 Å². The van der Waals surface area contributed by atoms with Crippen LogP contribution < -0.4 is 20.7 Å². The molecule has 0 aliphatic heterocycles. The molecule has 1 aliphatic carbocycles. The van der Waals surface area contributed by atoms with Crippen molar-refractivity contribution in [3.63, 3.8) is 0 Å². The smallest absolute Gasteiger partial charge is 0.319 e. The lowest BCUT2D eigenvalue weighted by Gasteiger charge is -2.12. The molecule has 2 aromatic rings. The van der Waals surface area contributed by atoms with E-state index in [1.165, 1.54) is 4.90 Å². The largest absolute Gasteiger partial charge is 0.484 e. The summed E-state index contributed by atoms with van der Waals surface area (Å²) in [6, 6.07) is 13.5. The molecule has 0 saturated heterocycles. The molecular formula is C21H24N4O4. The Morgan fingerprint density at radius 2 is 1.52 bits per heavy atom. The number of carbonyl (C=O) groups is 3. The Morgan fingerprint density at radius 1 is 0.931 bits per heavy atom. The normalized spacial score (nSPS) is 12.6. The summed E-state index contributed by atoms with van der Waals surface area (Å²) in [5.74, 6) is 0.138. The first-order valence-corrected chi connectivity index (χ1v) is 9.32. The second-order valence-electron chi connectivity index (χ2n) is 7.01. The van der Waals surface area contributed by atoms with Crippen LogP contribution in [0.15, 0.2) is 48.5 Å². The van der Waals surface area contributed by atoms with Crippen molar-refractivity contribution < 1.29 is 19.1 Å². The lowest BCUT2D eigenvalue weighted by molar-refractivity contribution is -0.130. The number of likely N-dealkylation sites (N-methyl/N-ethyl adjacent to an activating group) is 1. The molecule has 8 heteroatoms. The Balaban J connectivity index is 1.50. The number of nitrogens with zero attached hydrogens (tertiary/aromatic N) is 1. The third-order valence-corrected chi connectivity index (χ3v) is 4.29. The molecule has 1 aliphatic rings. The number of nitrogens with one attached hydrogen (secondary N) is 3. The van der Waals surface area contributed by atoms with Crippen molar-refractivity contribution in [2.24, 2.45) is 0 Å². The van der Waals surface area contributed by atoms with Gasteiger partial charge in [0.25, 0.3) is 11.8 Å². The number of ether oxygens (including phenoxy) is 1.